The standard InChI is InChI=1S/C14H15N/c1-2-7-13(8-3-1)15-11-10-12-6-4-5-9-14(12)15/h1-5,7-9,12H,6,10-11H2. The van der Waals surface area contributed by atoms with Crippen LogP contribution >= 0.6 is 0 Å². The van der Waals surface area contributed by atoms with Gasteiger partial charge in [0.2, 0.25) is 0 Å². The fourth-order valence-electron chi connectivity index (χ4n) is 2.54. The molecule has 15 heavy (non-hydrogen) atoms. The number of allylic oxidation sites excluding steroid dienone is 4. The van der Waals surface area contributed by atoms with Gasteiger partial charge in [0.25, 0.3) is 0 Å². The van der Waals surface area contributed by atoms with Crippen molar-refractivity contribution in [2.75, 3.05) is 11.4 Å². The van der Waals surface area contributed by atoms with Crippen LogP contribution in [0.4, 0.5) is 5.69 Å². The molecule has 0 aromatic heterocycles. The van der Waals surface area contributed by atoms with Crippen LogP contribution < -0.4 is 4.90 Å². The molecule has 0 amide bonds. The summed E-state index contributed by atoms with van der Waals surface area (Å²) in [6, 6.07) is 10.7. The second-order valence-electron chi connectivity index (χ2n) is 4.23. The van der Waals surface area contributed by atoms with Gasteiger partial charge in [-0.2, -0.15) is 0 Å². The Hall–Kier alpha value is -1.50. The van der Waals surface area contributed by atoms with E-state index in [1.165, 1.54) is 30.8 Å². The molecule has 1 heterocycles. The van der Waals surface area contributed by atoms with Crippen molar-refractivity contribution in [3.8, 4) is 0 Å². The Balaban J connectivity index is 1.95. The topological polar surface area (TPSA) is 3.24 Å². The number of anilines is 1. The van der Waals surface area contributed by atoms with Crippen molar-refractivity contribution in [2.24, 2.45) is 5.92 Å². The van der Waals surface area contributed by atoms with Crippen LogP contribution in [0.3, 0.4) is 0 Å². The number of para-hydroxylation sites is 1. The molecular weight excluding hydrogens is 182 g/mol. The Morgan fingerprint density at radius 1 is 1.13 bits per heavy atom. The number of hydrogen-bond donors (Lipinski definition) is 0. The molecule has 2 aliphatic rings. The maximum Gasteiger partial charge on any atom is 0.0408 e. The molecule has 0 saturated carbocycles. The minimum Gasteiger partial charge on any atom is -0.345 e. The summed E-state index contributed by atoms with van der Waals surface area (Å²) in [7, 11) is 0. The van der Waals surface area contributed by atoms with Gasteiger partial charge in [-0.25, -0.2) is 0 Å². The molecule has 1 saturated heterocycles. The molecule has 0 radical (unpaired) electrons. The first kappa shape index (κ1) is 8.78. The number of nitrogens with zero attached hydrogens (tertiary/aromatic N) is 1. The van der Waals surface area contributed by atoms with E-state index in [-0.39, 0.29) is 0 Å². The summed E-state index contributed by atoms with van der Waals surface area (Å²) in [6.07, 6.45) is 9.25. The molecule has 0 spiro atoms. The zero-order chi connectivity index (χ0) is 10.1. The smallest absolute Gasteiger partial charge is 0.0408 e. The fraction of sp³-hybridized carbons (Fsp3) is 0.286. The highest BCUT2D eigenvalue weighted by atomic mass is 15.2. The molecule has 1 fully saturated rings. The van der Waals surface area contributed by atoms with Crippen LogP contribution in [0.15, 0.2) is 54.3 Å². The van der Waals surface area contributed by atoms with Crippen molar-refractivity contribution >= 4 is 5.69 Å². The van der Waals surface area contributed by atoms with Gasteiger partial charge >= 0.3 is 0 Å². The normalized spacial score (nSPS) is 23.9. The molecule has 1 aliphatic heterocycles. The molecule has 1 unspecified atom stereocenters. The summed E-state index contributed by atoms with van der Waals surface area (Å²) >= 11 is 0. The third-order valence-electron chi connectivity index (χ3n) is 3.32. The Morgan fingerprint density at radius 3 is 2.87 bits per heavy atom. The molecule has 1 aromatic rings. The predicted molar refractivity (Wildman–Crippen MR) is 63.7 cm³/mol. The monoisotopic (exact) mass is 197 g/mol. The van der Waals surface area contributed by atoms with Crippen LogP contribution in [0.5, 0.6) is 0 Å². The van der Waals surface area contributed by atoms with Gasteiger partial charge in [-0.05, 0) is 31.1 Å². The number of benzene rings is 1. The Bertz CT molecular complexity index is 403. The highest BCUT2D eigenvalue weighted by molar-refractivity contribution is 5.55. The van der Waals surface area contributed by atoms with Crippen molar-refractivity contribution in [2.45, 2.75) is 12.8 Å². The minimum atomic E-state index is 0.759. The van der Waals surface area contributed by atoms with Crippen LogP contribution in [0.1, 0.15) is 12.8 Å². The summed E-state index contributed by atoms with van der Waals surface area (Å²) in [5.41, 5.74) is 2.84. The summed E-state index contributed by atoms with van der Waals surface area (Å²) in [5, 5.41) is 0. The quantitative estimate of drug-likeness (QED) is 0.667. The molecule has 3 rings (SSSR count). The molecule has 1 nitrogen and oxygen atoms in total. The molecular formula is C14H15N. The van der Waals surface area contributed by atoms with Crippen LogP contribution in [-0.4, -0.2) is 6.54 Å². The first-order valence-corrected chi connectivity index (χ1v) is 5.64. The van der Waals surface area contributed by atoms with E-state index in [1.54, 1.807) is 0 Å². The third kappa shape index (κ3) is 1.48. The number of fused-ring (bicyclic) bond motifs is 1. The van der Waals surface area contributed by atoms with Gasteiger partial charge in [0.1, 0.15) is 0 Å². The molecule has 1 atom stereocenters. The van der Waals surface area contributed by atoms with E-state index in [2.05, 4.69) is 53.5 Å². The van der Waals surface area contributed by atoms with Crippen LogP contribution in [0, 0.1) is 5.92 Å². The van der Waals surface area contributed by atoms with Crippen molar-refractivity contribution in [1.82, 2.24) is 0 Å². The summed E-state index contributed by atoms with van der Waals surface area (Å²) < 4.78 is 0. The van der Waals surface area contributed by atoms with Gasteiger partial charge in [0.05, 0.1) is 0 Å². The van der Waals surface area contributed by atoms with Crippen LogP contribution in [0.25, 0.3) is 0 Å². The van der Waals surface area contributed by atoms with E-state index in [1.807, 2.05) is 0 Å². The Labute approximate surface area is 90.7 Å². The van der Waals surface area contributed by atoms with Crippen molar-refractivity contribution in [3.05, 3.63) is 54.3 Å². The zero-order valence-corrected chi connectivity index (χ0v) is 8.76. The lowest BCUT2D eigenvalue weighted by Gasteiger charge is -2.23. The second kappa shape index (κ2) is 3.58. The minimum absolute atomic E-state index is 0.759. The van der Waals surface area contributed by atoms with Gasteiger partial charge in [-0.15, -0.1) is 0 Å². The third-order valence-corrected chi connectivity index (χ3v) is 3.32. The second-order valence-corrected chi connectivity index (χ2v) is 4.23. The molecule has 0 N–H and O–H groups in total. The van der Waals surface area contributed by atoms with Gasteiger partial charge in [-0.3, -0.25) is 0 Å². The lowest BCUT2D eigenvalue weighted by atomic mass is 9.97. The maximum atomic E-state index is 2.45. The van der Waals surface area contributed by atoms with Gasteiger partial charge in [0.15, 0.2) is 0 Å². The number of hydrogen-bond acceptors (Lipinski definition) is 1. The molecule has 1 aromatic carbocycles. The Kier molecular flexibility index (Phi) is 2.09. The van der Waals surface area contributed by atoms with E-state index in [0.717, 1.165) is 5.92 Å². The molecule has 1 aliphatic carbocycles. The van der Waals surface area contributed by atoms with Crippen LogP contribution in [0.2, 0.25) is 0 Å². The van der Waals surface area contributed by atoms with Gasteiger partial charge in [-0.1, -0.05) is 30.4 Å². The first-order chi connectivity index (χ1) is 7.45. The van der Waals surface area contributed by atoms with E-state index < -0.39 is 0 Å². The van der Waals surface area contributed by atoms with Crippen molar-refractivity contribution in [3.63, 3.8) is 0 Å². The molecule has 1 heteroatoms. The average Bonchev–Trinajstić information content (AvgIpc) is 2.74. The highest BCUT2D eigenvalue weighted by Crippen LogP contribution is 2.36. The van der Waals surface area contributed by atoms with E-state index in [0.29, 0.717) is 0 Å². The SMILES string of the molecule is C1=CCC2CCN(c3ccccc3)C2=C1. The summed E-state index contributed by atoms with van der Waals surface area (Å²) in [6.45, 7) is 1.17. The summed E-state index contributed by atoms with van der Waals surface area (Å²) in [5.74, 6) is 0.759. The maximum absolute atomic E-state index is 2.45. The van der Waals surface area contributed by atoms with Crippen molar-refractivity contribution < 1.29 is 0 Å². The van der Waals surface area contributed by atoms with Crippen molar-refractivity contribution in [1.29, 1.82) is 0 Å². The molecule has 0 bridgehead atoms. The number of rotatable bonds is 1. The van der Waals surface area contributed by atoms with E-state index in [4.69, 9.17) is 0 Å². The Morgan fingerprint density at radius 2 is 2.00 bits per heavy atom. The van der Waals surface area contributed by atoms with Crippen LogP contribution in [-0.2, 0) is 0 Å². The zero-order valence-electron chi connectivity index (χ0n) is 8.76. The molecule has 76 valence electrons. The first-order valence-electron chi connectivity index (χ1n) is 5.64. The van der Waals surface area contributed by atoms with E-state index in [9.17, 15) is 0 Å². The lowest BCUT2D eigenvalue weighted by molar-refractivity contribution is 0.646. The largest absolute Gasteiger partial charge is 0.345 e. The average molecular weight is 197 g/mol. The van der Waals surface area contributed by atoms with Gasteiger partial charge < -0.3 is 4.90 Å². The van der Waals surface area contributed by atoms with Gasteiger partial charge in [0, 0.05) is 23.8 Å². The summed E-state index contributed by atoms with van der Waals surface area (Å²) in [4.78, 5) is 2.45. The lowest BCUT2D eigenvalue weighted by Crippen LogP contribution is -2.18. The fourth-order valence-corrected chi connectivity index (χ4v) is 2.54. The van der Waals surface area contributed by atoms with E-state index >= 15 is 0 Å². The predicted octanol–water partition coefficient (Wildman–Crippen LogP) is 3.36. The highest BCUT2D eigenvalue weighted by Gasteiger charge is 2.28.